The molecule has 9 heteroatoms. The lowest BCUT2D eigenvalue weighted by molar-refractivity contribution is -0.137. The largest absolute Gasteiger partial charge is 0.370 e. The number of carbonyl (C=O) groups is 1. The third-order valence-electron chi connectivity index (χ3n) is 8.53. The highest BCUT2D eigenvalue weighted by atomic mass is 32.2. The highest BCUT2D eigenvalue weighted by Gasteiger charge is 2.37. The minimum absolute atomic E-state index is 0.0508. The quantitative estimate of drug-likeness (QED) is 0.287. The fourth-order valence-corrected chi connectivity index (χ4v) is 8.02. The van der Waals surface area contributed by atoms with Gasteiger partial charge in [0.2, 0.25) is 15.9 Å². The second kappa shape index (κ2) is 16.0. The first-order valence-corrected chi connectivity index (χ1v) is 17.0. The van der Waals surface area contributed by atoms with Crippen molar-refractivity contribution < 1.29 is 17.9 Å². The molecule has 8 nitrogen and oxygen atoms in total. The molecule has 0 bridgehead atoms. The van der Waals surface area contributed by atoms with E-state index in [9.17, 15) is 13.2 Å². The summed E-state index contributed by atoms with van der Waals surface area (Å²) in [5.41, 5.74) is 4.67. The Balaban J connectivity index is 1.77. The van der Waals surface area contributed by atoms with E-state index in [2.05, 4.69) is 43.6 Å². The molecule has 0 fully saturated rings. The zero-order valence-electron chi connectivity index (χ0n) is 26.9. The van der Waals surface area contributed by atoms with Crippen molar-refractivity contribution in [1.82, 2.24) is 19.0 Å². The van der Waals surface area contributed by atoms with Crippen molar-refractivity contribution >= 4 is 15.9 Å². The molecule has 1 amide bonds. The van der Waals surface area contributed by atoms with Crippen LogP contribution in [-0.2, 0) is 32.5 Å². The summed E-state index contributed by atoms with van der Waals surface area (Å²) in [6.45, 7) is 21.3. The van der Waals surface area contributed by atoms with Crippen LogP contribution in [0.4, 0.5) is 0 Å². The van der Waals surface area contributed by atoms with Gasteiger partial charge in [-0.25, -0.2) is 8.42 Å². The van der Waals surface area contributed by atoms with Gasteiger partial charge in [-0.05, 0) is 75.6 Å². The van der Waals surface area contributed by atoms with Crippen molar-refractivity contribution in [3.63, 3.8) is 0 Å². The summed E-state index contributed by atoms with van der Waals surface area (Å²) in [5.74, 6) is -0.0508. The van der Waals surface area contributed by atoms with Crippen LogP contribution in [0.5, 0.6) is 0 Å². The first-order valence-electron chi connectivity index (χ1n) is 15.5. The van der Waals surface area contributed by atoms with Crippen LogP contribution in [0.3, 0.4) is 0 Å². The normalized spacial score (nSPS) is 15.8. The molecule has 0 radical (unpaired) electrons. The van der Waals surface area contributed by atoms with E-state index < -0.39 is 16.1 Å². The number of nitrogens with zero attached hydrogens (tertiary/aromatic N) is 4. The molecule has 0 saturated heterocycles. The van der Waals surface area contributed by atoms with Crippen molar-refractivity contribution in [1.29, 1.82) is 0 Å². The number of likely N-dealkylation sites (N-methyl/N-ethyl adjacent to an activating group) is 2. The summed E-state index contributed by atoms with van der Waals surface area (Å²) in [7, 11) is -3.80. The van der Waals surface area contributed by atoms with Gasteiger partial charge >= 0.3 is 0 Å². The Morgan fingerprint density at radius 1 is 0.857 bits per heavy atom. The average molecular weight is 601 g/mol. The van der Waals surface area contributed by atoms with Gasteiger partial charge in [-0.2, -0.15) is 4.31 Å². The van der Waals surface area contributed by atoms with E-state index in [0.29, 0.717) is 24.4 Å². The summed E-state index contributed by atoms with van der Waals surface area (Å²) in [5, 5.41) is 0. The van der Waals surface area contributed by atoms with Crippen molar-refractivity contribution in [3.8, 4) is 0 Å². The molecule has 0 N–H and O–H groups in total. The van der Waals surface area contributed by atoms with Crippen LogP contribution in [0.15, 0.2) is 41.3 Å². The molecule has 234 valence electrons. The Morgan fingerprint density at radius 2 is 1.38 bits per heavy atom. The predicted octanol–water partition coefficient (Wildman–Crippen LogP) is 4.26. The van der Waals surface area contributed by atoms with E-state index in [1.165, 1.54) is 0 Å². The first kappa shape index (κ1) is 34.2. The third kappa shape index (κ3) is 8.63. The molecule has 0 saturated carbocycles. The molecule has 42 heavy (non-hydrogen) atoms. The van der Waals surface area contributed by atoms with Gasteiger partial charge in [0.15, 0.2) is 0 Å². The van der Waals surface area contributed by atoms with Crippen LogP contribution < -0.4 is 0 Å². The molecule has 0 spiro atoms. The molecule has 1 aliphatic rings. The summed E-state index contributed by atoms with van der Waals surface area (Å²) >= 11 is 0. The Labute approximate surface area is 254 Å². The standard InChI is InChI=1S/C33H52N4O4S/c1-8-34(9-2)16-18-36(19-17-35(10-3)11-4)32(38)25-41-24-31-22-29-14-12-13-15-30(29)23-37(31)42(39,40)33-27(6)20-26(5)21-28(33)7/h12-15,20-21,31H,8-11,16-19,22-25H2,1-7H3. The van der Waals surface area contributed by atoms with Gasteiger partial charge in [0, 0.05) is 32.7 Å². The monoisotopic (exact) mass is 600 g/mol. The van der Waals surface area contributed by atoms with Crippen molar-refractivity contribution in [3.05, 3.63) is 64.2 Å². The van der Waals surface area contributed by atoms with Gasteiger partial charge in [-0.15, -0.1) is 0 Å². The van der Waals surface area contributed by atoms with Crippen LogP contribution in [0.2, 0.25) is 0 Å². The lowest BCUT2D eigenvalue weighted by atomic mass is 9.96. The number of fused-ring (bicyclic) bond motifs is 1. The Bertz CT molecular complexity index is 1240. The van der Waals surface area contributed by atoms with Gasteiger partial charge in [-0.3, -0.25) is 4.79 Å². The van der Waals surface area contributed by atoms with Crippen LogP contribution in [0, 0.1) is 20.8 Å². The number of hydrogen-bond donors (Lipinski definition) is 0. The van der Waals surface area contributed by atoms with E-state index in [4.69, 9.17) is 4.74 Å². The van der Waals surface area contributed by atoms with Gasteiger partial charge < -0.3 is 19.4 Å². The van der Waals surface area contributed by atoms with Gasteiger partial charge in [0.1, 0.15) is 6.61 Å². The van der Waals surface area contributed by atoms with E-state index in [0.717, 1.165) is 67.1 Å². The minimum atomic E-state index is -3.80. The summed E-state index contributed by atoms with van der Waals surface area (Å²) in [6, 6.07) is 11.4. The Hall–Kier alpha value is -2.30. The first-order chi connectivity index (χ1) is 20.0. The summed E-state index contributed by atoms with van der Waals surface area (Å²) < 4.78 is 36.0. The fourth-order valence-electron chi connectivity index (χ4n) is 6.02. The van der Waals surface area contributed by atoms with Gasteiger partial charge in [0.25, 0.3) is 0 Å². The second-order valence-corrected chi connectivity index (χ2v) is 13.2. The number of amides is 1. The average Bonchev–Trinajstić information content (AvgIpc) is 2.95. The number of hydrogen-bond acceptors (Lipinski definition) is 6. The summed E-state index contributed by atoms with van der Waals surface area (Å²) in [4.78, 5) is 20.3. The predicted molar refractivity (Wildman–Crippen MR) is 170 cm³/mol. The molecule has 1 atom stereocenters. The molecule has 0 aromatic heterocycles. The van der Waals surface area contributed by atoms with E-state index in [1.54, 1.807) is 4.31 Å². The Kier molecular flexibility index (Phi) is 13.0. The van der Waals surface area contributed by atoms with Gasteiger partial charge in [0.05, 0.1) is 17.5 Å². The zero-order chi connectivity index (χ0) is 30.9. The second-order valence-electron chi connectivity index (χ2n) is 11.4. The van der Waals surface area contributed by atoms with E-state index >= 15 is 0 Å². The fraction of sp³-hybridized carbons (Fsp3) is 0.606. The topological polar surface area (TPSA) is 73.4 Å². The molecule has 1 aliphatic heterocycles. The maximum absolute atomic E-state index is 14.2. The number of sulfonamides is 1. The zero-order valence-corrected chi connectivity index (χ0v) is 27.7. The summed E-state index contributed by atoms with van der Waals surface area (Å²) in [6.07, 6.45) is 0.543. The van der Waals surface area contributed by atoms with Crippen LogP contribution >= 0.6 is 0 Å². The molecular formula is C33H52N4O4S. The SMILES string of the molecule is CCN(CC)CCN(CCN(CC)CC)C(=O)COCC1Cc2ccccc2CN1S(=O)(=O)c1c(C)cc(C)cc1C. The van der Waals surface area contributed by atoms with E-state index in [1.807, 2.05) is 56.0 Å². The highest BCUT2D eigenvalue weighted by Crippen LogP contribution is 2.32. The number of rotatable bonds is 16. The van der Waals surface area contributed by atoms with Crippen molar-refractivity contribution in [2.45, 2.75) is 72.4 Å². The number of benzene rings is 2. The molecular weight excluding hydrogens is 548 g/mol. The molecule has 1 heterocycles. The minimum Gasteiger partial charge on any atom is -0.370 e. The number of ether oxygens (including phenoxy) is 1. The van der Waals surface area contributed by atoms with Gasteiger partial charge in [-0.1, -0.05) is 69.7 Å². The molecule has 2 aromatic carbocycles. The number of aryl methyl sites for hydroxylation is 3. The molecule has 2 aromatic rings. The van der Waals surface area contributed by atoms with Crippen LogP contribution in [0.1, 0.15) is 55.5 Å². The maximum Gasteiger partial charge on any atom is 0.248 e. The molecule has 3 rings (SSSR count). The Morgan fingerprint density at radius 3 is 1.90 bits per heavy atom. The smallest absolute Gasteiger partial charge is 0.248 e. The van der Waals surface area contributed by atoms with Crippen LogP contribution in [-0.4, -0.2) is 105 Å². The van der Waals surface area contributed by atoms with E-state index in [-0.39, 0.29) is 25.7 Å². The highest BCUT2D eigenvalue weighted by molar-refractivity contribution is 7.89. The van der Waals surface area contributed by atoms with Crippen LogP contribution in [0.25, 0.3) is 0 Å². The third-order valence-corrected chi connectivity index (χ3v) is 10.7. The molecule has 0 aliphatic carbocycles. The lowest BCUT2D eigenvalue weighted by Crippen LogP contribution is -2.48. The number of carbonyl (C=O) groups excluding carboxylic acids is 1. The van der Waals surface area contributed by atoms with Crippen molar-refractivity contribution in [2.75, 3.05) is 65.6 Å². The lowest BCUT2D eigenvalue weighted by Gasteiger charge is -2.36. The molecule has 1 unspecified atom stereocenters. The van der Waals surface area contributed by atoms with Crippen molar-refractivity contribution in [2.24, 2.45) is 0 Å². The maximum atomic E-state index is 14.2.